The third-order valence-corrected chi connectivity index (χ3v) is 4.84. The average Bonchev–Trinajstić information content (AvgIpc) is 2.75. The molecule has 30 heavy (non-hydrogen) atoms. The fraction of sp³-hybridized carbons (Fsp3) is 0.286. The van der Waals surface area contributed by atoms with Crippen molar-refractivity contribution >= 4 is 22.8 Å². The number of aromatic nitrogens is 2. The van der Waals surface area contributed by atoms with E-state index >= 15 is 0 Å². The highest BCUT2D eigenvalue weighted by molar-refractivity contribution is 5.93. The molecule has 0 atom stereocenters. The predicted molar refractivity (Wildman–Crippen MR) is 106 cm³/mol. The molecule has 3 heterocycles. The number of rotatable bonds is 4. The van der Waals surface area contributed by atoms with Gasteiger partial charge < -0.3 is 14.4 Å². The number of benzene rings is 1. The number of anilines is 1. The monoisotopic (exact) mass is 415 g/mol. The van der Waals surface area contributed by atoms with Crippen molar-refractivity contribution in [3.8, 4) is 5.69 Å². The van der Waals surface area contributed by atoms with E-state index in [0.29, 0.717) is 32.1 Å². The summed E-state index contributed by atoms with van der Waals surface area (Å²) < 4.78 is 39.6. The van der Waals surface area contributed by atoms with Gasteiger partial charge >= 0.3 is 5.97 Å². The molecule has 0 bridgehead atoms. The van der Waals surface area contributed by atoms with Gasteiger partial charge in [0.2, 0.25) is 5.43 Å². The molecule has 1 aliphatic heterocycles. The molecule has 4 rings (SSSR count). The van der Waals surface area contributed by atoms with Crippen LogP contribution >= 0.6 is 0 Å². The van der Waals surface area contributed by atoms with Crippen LogP contribution in [0.15, 0.2) is 41.3 Å². The summed E-state index contributed by atoms with van der Waals surface area (Å²) in [4.78, 5) is 31.8. The Bertz CT molecular complexity index is 1170. The van der Waals surface area contributed by atoms with Gasteiger partial charge in [0.1, 0.15) is 23.0 Å². The van der Waals surface area contributed by atoms with Crippen molar-refractivity contribution in [2.75, 3.05) is 37.8 Å². The van der Waals surface area contributed by atoms with Gasteiger partial charge in [-0.05, 0) is 31.2 Å². The van der Waals surface area contributed by atoms with Crippen molar-refractivity contribution in [1.82, 2.24) is 9.55 Å². The number of ether oxygens (including phenoxy) is 2. The summed E-state index contributed by atoms with van der Waals surface area (Å²) in [6.07, 6.45) is 1.19. The van der Waals surface area contributed by atoms with E-state index in [-0.39, 0.29) is 28.9 Å². The van der Waals surface area contributed by atoms with Crippen molar-refractivity contribution in [3.05, 3.63) is 63.9 Å². The maximum Gasteiger partial charge on any atom is 0.343 e. The Balaban J connectivity index is 1.97. The third-order valence-electron chi connectivity index (χ3n) is 4.84. The Morgan fingerprint density at radius 3 is 2.67 bits per heavy atom. The molecule has 0 radical (unpaired) electrons. The first kappa shape index (κ1) is 20.0. The van der Waals surface area contributed by atoms with E-state index in [4.69, 9.17) is 9.47 Å². The third kappa shape index (κ3) is 3.63. The summed E-state index contributed by atoms with van der Waals surface area (Å²) in [5.74, 6) is -1.83. The molecule has 1 fully saturated rings. The van der Waals surface area contributed by atoms with Gasteiger partial charge in [0.25, 0.3) is 0 Å². The molecule has 0 aliphatic carbocycles. The molecule has 9 heteroatoms. The Labute approximate surface area is 170 Å². The second kappa shape index (κ2) is 8.19. The largest absolute Gasteiger partial charge is 0.462 e. The zero-order valence-electron chi connectivity index (χ0n) is 16.2. The number of hydrogen-bond donors (Lipinski definition) is 0. The minimum atomic E-state index is -0.853. The van der Waals surface area contributed by atoms with Gasteiger partial charge in [-0.1, -0.05) is 0 Å². The number of hydrogen-bond acceptors (Lipinski definition) is 6. The second-order valence-electron chi connectivity index (χ2n) is 6.70. The molecule has 156 valence electrons. The summed E-state index contributed by atoms with van der Waals surface area (Å²) in [7, 11) is 0. The van der Waals surface area contributed by atoms with Gasteiger partial charge in [-0.3, -0.25) is 9.36 Å². The summed E-state index contributed by atoms with van der Waals surface area (Å²) in [6.45, 7) is 4.02. The van der Waals surface area contributed by atoms with E-state index in [0.717, 1.165) is 12.1 Å². The van der Waals surface area contributed by atoms with Crippen molar-refractivity contribution in [2.45, 2.75) is 6.92 Å². The zero-order valence-corrected chi connectivity index (χ0v) is 16.2. The molecule has 0 amide bonds. The number of morpholine rings is 1. The molecule has 3 aromatic rings. The van der Waals surface area contributed by atoms with E-state index in [1.165, 1.54) is 16.8 Å². The number of nitrogens with zero attached hydrogens (tertiary/aromatic N) is 3. The molecular formula is C21H19F2N3O4. The highest BCUT2D eigenvalue weighted by Crippen LogP contribution is 2.23. The summed E-state index contributed by atoms with van der Waals surface area (Å²) in [6, 6.07) is 6.28. The summed E-state index contributed by atoms with van der Waals surface area (Å²) in [5, 5.41) is 0.126. The minimum Gasteiger partial charge on any atom is -0.462 e. The first-order valence-corrected chi connectivity index (χ1v) is 9.51. The molecule has 0 saturated carbocycles. The van der Waals surface area contributed by atoms with Crippen LogP contribution in [0.4, 0.5) is 14.6 Å². The number of carbonyl (C=O) groups is 1. The van der Waals surface area contributed by atoms with Crippen LogP contribution in [0, 0.1) is 11.6 Å². The van der Waals surface area contributed by atoms with Crippen LogP contribution in [0.2, 0.25) is 0 Å². The number of halogens is 2. The van der Waals surface area contributed by atoms with Crippen LogP contribution in [0.1, 0.15) is 17.3 Å². The van der Waals surface area contributed by atoms with Gasteiger partial charge in [-0.2, -0.15) is 0 Å². The highest BCUT2D eigenvalue weighted by Gasteiger charge is 2.21. The van der Waals surface area contributed by atoms with E-state index in [9.17, 15) is 18.4 Å². The normalized spacial score (nSPS) is 14.2. The van der Waals surface area contributed by atoms with E-state index in [2.05, 4.69) is 4.98 Å². The minimum absolute atomic E-state index is 0.0430. The quantitative estimate of drug-likeness (QED) is 0.610. The van der Waals surface area contributed by atoms with Crippen LogP contribution in [0.3, 0.4) is 0 Å². The maximum atomic E-state index is 14.6. The van der Waals surface area contributed by atoms with Crippen LogP contribution < -0.4 is 10.3 Å². The van der Waals surface area contributed by atoms with Crippen molar-refractivity contribution in [2.24, 2.45) is 0 Å². The number of carbonyl (C=O) groups excluding carboxylic acids is 1. The molecule has 0 spiro atoms. The van der Waals surface area contributed by atoms with Gasteiger partial charge in [0.05, 0.1) is 30.9 Å². The Morgan fingerprint density at radius 2 is 1.97 bits per heavy atom. The van der Waals surface area contributed by atoms with Gasteiger partial charge in [-0.25, -0.2) is 18.6 Å². The number of esters is 1. The lowest BCUT2D eigenvalue weighted by atomic mass is 10.1. The first-order valence-electron chi connectivity index (χ1n) is 9.51. The molecular weight excluding hydrogens is 396 g/mol. The second-order valence-corrected chi connectivity index (χ2v) is 6.70. The molecule has 1 saturated heterocycles. The molecule has 0 N–H and O–H groups in total. The Morgan fingerprint density at radius 1 is 1.20 bits per heavy atom. The van der Waals surface area contributed by atoms with Crippen LogP contribution in [0.25, 0.3) is 16.7 Å². The SMILES string of the molecule is CCOC(=O)c1cn(-c2ccc(F)cc2F)c2nc(N3CCOCC3)ccc2c1=O. The van der Waals surface area contributed by atoms with E-state index in [1.54, 1.807) is 19.1 Å². The molecule has 2 aromatic heterocycles. The van der Waals surface area contributed by atoms with Gasteiger partial charge in [-0.15, -0.1) is 0 Å². The lowest BCUT2D eigenvalue weighted by Gasteiger charge is -2.28. The fourth-order valence-corrected chi connectivity index (χ4v) is 3.38. The lowest BCUT2D eigenvalue weighted by Crippen LogP contribution is -2.36. The zero-order chi connectivity index (χ0) is 21.3. The maximum absolute atomic E-state index is 14.6. The summed E-state index contributed by atoms with van der Waals surface area (Å²) >= 11 is 0. The topological polar surface area (TPSA) is 73.7 Å². The Kier molecular flexibility index (Phi) is 5.45. The van der Waals surface area contributed by atoms with E-state index < -0.39 is 23.0 Å². The predicted octanol–water partition coefficient (Wildman–Crippen LogP) is 2.68. The fourth-order valence-electron chi connectivity index (χ4n) is 3.38. The van der Waals surface area contributed by atoms with Crippen LogP contribution in [0.5, 0.6) is 0 Å². The lowest BCUT2D eigenvalue weighted by molar-refractivity contribution is 0.0524. The molecule has 1 aliphatic rings. The van der Waals surface area contributed by atoms with Crippen molar-refractivity contribution in [3.63, 3.8) is 0 Å². The highest BCUT2D eigenvalue weighted by atomic mass is 19.1. The molecule has 1 aromatic carbocycles. The Hall–Kier alpha value is -3.33. The van der Waals surface area contributed by atoms with Crippen LogP contribution in [-0.4, -0.2) is 48.4 Å². The number of fused-ring (bicyclic) bond motifs is 1. The number of pyridine rings is 2. The summed E-state index contributed by atoms with van der Waals surface area (Å²) in [5.41, 5.74) is -0.710. The average molecular weight is 415 g/mol. The first-order chi connectivity index (χ1) is 14.5. The van der Waals surface area contributed by atoms with Gasteiger partial charge in [0, 0.05) is 25.4 Å². The molecule has 7 nitrogen and oxygen atoms in total. The molecule has 0 unspecified atom stereocenters. The van der Waals surface area contributed by atoms with Crippen molar-refractivity contribution in [1.29, 1.82) is 0 Å². The van der Waals surface area contributed by atoms with Gasteiger partial charge in [0.15, 0.2) is 5.65 Å². The standard InChI is InChI=1S/C21H19F2N3O4/c1-2-30-21(28)15-12-26(17-5-3-13(22)11-16(17)23)20-14(19(15)27)4-6-18(24-20)25-7-9-29-10-8-25/h3-6,11-12H,2,7-10H2,1H3. The van der Waals surface area contributed by atoms with E-state index in [1.807, 2.05) is 4.90 Å². The van der Waals surface area contributed by atoms with Crippen LogP contribution in [-0.2, 0) is 9.47 Å². The van der Waals surface area contributed by atoms with Crippen molar-refractivity contribution < 1.29 is 23.0 Å². The smallest absolute Gasteiger partial charge is 0.343 e.